The molecule has 0 saturated carbocycles. The molecular weight excluding hydrogens is 398 g/mol. The Hall–Kier alpha value is -3.06. The Kier molecular flexibility index (Phi) is 5.79. The van der Waals surface area contributed by atoms with Crippen LogP contribution >= 0.6 is 11.6 Å². The Labute approximate surface area is 172 Å². The first-order chi connectivity index (χ1) is 13.7. The number of cyclic esters (lactones) is 1. The molecule has 0 radical (unpaired) electrons. The van der Waals surface area contributed by atoms with Gasteiger partial charge in [-0.3, -0.25) is 4.79 Å². The number of nitrogens with one attached hydrogen (secondary N) is 1. The smallest absolute Gasteiger partial charge is 0.342 e. The van der Waals surface area contributed by atoms with Crippen LogP contribution in [0.2, 0.25) is 5.02 Å². The molecule has 8 heteroatoms. The number of carboxylic acids is 1. The zero-order chi connectivity index (χ0) is 21.3. The molecule has 1 amide bonds. The molecule has 0 saturated heterocycles. The minimum atomic E-state index is -1.23. The average molecular weight is 418 g/mol. The van der Waals surface area contributed by atoms with Crippen molar-refractivity contribution < 1.29 is 29.3 Å². The van der Waals surface area contributed by atoms with E-state index < -0.39 is 35.7 Å². The van der Waals surface area contributed by atoms with Crippen LogP contribution in [-0.4, -0.2) is 40.2 Å². The predicted octanol–water partition coefficient (Wildman–Crippen LogP) is 2.88. The lowest BCUT2D eigenvalue weighted by molar-refractivity contribution is -0.139. The second-order valence-electron chi connectivity index (χ2n) is 7.08. The van der Waals surface area contributed by atoms with Crippen LogP contribution in [0.25, 0.3) is 0 Å². The fourth-order valence-corrected chi connectivity index (χ4v) is 3.52. The van der Waals surface area contributed by atoms with E-state index in [0.29, 0.717) is 12.0 Å². The van der Waals surface area contributed by atoms with Crippen LogP contribution in [0.5, 0.6) is 5.75 Å². The molecule has 1 aliphatic rings. The largest absolute Gasteiger partial charge is 0.506 e. The number of fused-ring (bicyclic) bond motifs is 1. The molecule has 0 aliphatic carbocycles. The van der Waals surface area contributed by atoms with Gasteiger partial charge >= 0.3 is 11.9 Å². The van der Waals surface area contributed by atoms with Gasteiger partial charge in [-0.1, -0.05) is 41.4 Å². The summed E-state index contributed by atoms with van der Waals surface area (Å²) in [4.78, 5) is 36.5. The molecule has 7 nitrogen and oxygen atoms in total. The van der Waals surface area contributed by atoms with Crippen molar-refractivity contribution in [2.45, 2.75) is 38.8 Å². The fourth-order valence-electron chi connectivity index (χ4n) is 3.24. The van der Waals surface area contributed by atoms with E-state index in [4.69, 9.17) is 16.3 Å². The van der Waals surface area contributed by atoms with Gasteiger partial charge in [-0.2, -0.15) is 0 Å². The maximum absolute atomic E-state index is 12.7. The molecule has 29 heavy (non-hydrogen) atoms. The number of carbonyl (C=O) groups excluding carboxylic acids is 2. The molecule has 1 unspecified atom stereocenters. The Balaban J connectivity index is 1.88. The molecule has 2 aromatic rings. The van der Waals surface area contributed by atoms with Gasteiger partial charge in [0, 0.05) is 17.9 Å². The van der Waals surface area contributed by atoms with Gasteiger partial charge in [0.1, 0.15) is 23.5 Å². The zero-order valence-electron chi connectivity index (χ0n) is 15.9. The molecule has 0 fully saturated rings. The van der Waals surface area contributed by atoms with Gasteiger partial charge in [0.15, 0.2) is 0 Å². The fraction of sp³-hybridized carbons (Fsp3) is 0.286. The number of phenolic OH excluding ortho intramolecular Hbond substituents is 1. The van der Waals surface area contributed by atoms with Crippen LogP contribution in [0.15, 0.2) is 30.3 Å². The summed E-state index contributed by atoms with van der Waals surface area (Å²) in [6, 6.07) is 7.26. The van der Waals surface area contributed by atoms with Crippen molar-refractivity contribution in [2.24, 2.45) is 0 Å². The molecule has 3 rings (SSSR count). The molecule has 3 N–H and O–H groups in total. The third kappa shape index (κ3) is 4.35. The summed E-state index contributed by atoms with van der Waals surface area (Å²) in [7, 11) is 0. The van der Waals surface area contributed by atoms with Crippen molar-refractivity contribution in [1.29, 1.82) is 0 Å². The highest BCUT2D eigenvalue weighted by atomic mass is 35.5. The molecule has 2 aromatic carbocycles. The van der Waals surface area contributed by atoms with E-state index >= 15 is 0 Å². The molecule has 152 valence electrons. The lowest BCUT2D eigenvalue weighted by atomic mass is 9.95. The quantitative estimate of drug-likeness (QED) is 0.645. The monoisotopic (exact) mass is 417 g/mol. The van der Waals surface area contributed by atoms with Gasteiger partial charge in [0.05, 0.1) is 5.56 Å². The number of rotatable bonds is 5. The van der Waals surface area contributed by atoms with E-state index in [1.54, 1.807) is 19.1 Å². The number of phenols is 1. The lowest BCUT2D eigenvalue weighted by Gasteiger charge is -2.24. The Morgan fingerprint density at radius 2 is 1.97 bits per heavy atom. The van der Waals surface area contributed by atoms with E-state index in [1.807, 2.05) is 19.1 Å². The van der Waals surface area contributed by atoms with E-state index in [2.05, 4.69) is 5.32 Å². The van der Waals surface area contributed by atoms with Gasteiger partial charge in [0.2, 0.25) is 0 Å². The summed E-state index contributed by atoms with van der Waals surface area (Å²) in [5.41, 5.74) is 1.72. The van der Waals surface area contributed by atoms with Crippen molar-refractivity contribution in [1.82, 2.24) is 5.32 Å². The molecule has 2 atom stereocenters. The van der Waals surface area contributed by atoms with Crippen LogP contribution in [-0.2, 0) is 22.4 Å². The van der Waals surface area contributed by atoms with Crippen molar-refractivity contribution in [2.75, 3.05) is 0 Å². The predicted molar refractivity (Wildman–Crippen MR) is 105 cm³/mol. The van der Waals surface area contributed by atoms with Crippen LogP contribution in [0.1, 0.15) is 44.3 Å². The number of aromatic hydroxyl groups is 1. The Morgan fingerprint density at radius 1 is 1.31 bits per heavy atom. The topological polar surface area (TPSA) is 113 Å². The maximum atomic E-state index is 12.7. The number of halogens is 1. The number of amides is 1. The lowest BCUT2D eigenvalue weighted by Crippen LogP contribution is -2.42. The molecular formula is C21H20ClNO6. The maximum Gasteiger partial charge on any atom is 0.342 e. The van der Waals surface area contributed by atoms with Gasteiger partial charge in [-0.25, -0.2) is 9.59 Å². The van der Waals surface area contributed by atoms with E-state index in [1.165, 1.54) is 6.07 Å². The number of aryl methyl sites for hydroxylation is 1. The second kappa shape index (κ2) is 8.13. The summed E-state index contributed by atoms with van der Waals surface area (Å²) in [5.74, 6) is -3.42. The SMILES string of the molecule is Cc1ccc(C[C@H](NC(=O)c2cc(Cl)c3c(c2O)C(=O)OC(C)C3)C(=O)O)cc1. The van der Waals surface area contributed by atoms with Crippen LogP contribution in [0.3, 0.4) is 0 Å². The number of benzene rings is 2. The van der Waals surface area contributed by atoms with Gasteiger partial charge < -0.3 is 20.3 Å². The van der Waals surface area contributed by atoms with Crippen LogP contribution in [0.4, 0.5) is 0 Å². The highest BCUT2D eigenvalue weighted by molar-refractivity contribution is 6.32. The number of aliphatic carboxylic acids is 1. The zero-order valence-corrected chi connectivity index (χ0v) is 16.6. The Morgan fingerprint density at radius 3 is 2.59 bits per heavy atom. The van der Waals surface area contributed by atoms with Gasteiger partial charge in [-0.05, 0) is 31.0 Å². The first-order valence-corrected chi connectivity index (χ1v) is 9.39. The summed E-state index contributed by atoms with van der Waals surface area (Å²) < 4.78 is 5.11. The molecule has 1 heterocycles. The summed E-state index contributed by atoms with van der Waals surface area (Å²) in [5, 5.41) is 22.5. The number of esters is 1. The molecule has 0 spiro atoms. The number of hydrogen-bond donors (Lipinski definition) is 3. The number of carbonyl (C=O) groups is 3. The number of hydrogen-bond acceptors (Lipinski definition) is 5. The molecule has 0 aromatic heterocycles. The minimum Gasteiger partial charge on any atom is -0.506 e. The van der Waals surface area contributed by atoms with Gasteiger partial charge in [0.25, 0.3) is 5.91 Å². The average Bonchev–Trinajstić information content (AvgIpc) is 2.65. The Bertz CT molecular complexity index is 986. The van der Waals surface area contributed by atoms with Crippen LogP contribution < -0.4 is 5.32 Å². The normalized spacial score (nSPS) is 16.5. The first kappa shape index (κ1) is 20.7. The number of ether oxygens (including phenoxy) is 1. The third-order valence-electron chi connectivity index (χ3n) is 4.77. The number of carboxylic acid groups (broad SMARTS) is 1. The van der Waals surface area contributed by atoms with Crippen LogP contribution in [0, 0.1) is 6.92 Å². The highest BCUT2D eigenvalue weighted by Gasteiger charge is 2.33. The van der Waals surface area contributed by atoms with E-state index in [-0.39, 0.29) is 22.6 Å². The molecule has 0 bridgehead atoms. The van der Waals surface area contributed by atoms with E-state index in [9.17, 15) is 24.6 Å². The van der Waals surface area contributed by atoms with Crippen molar-refractivity contribution in [3.8, 4) is 5.75 Å². The van der Waals surface area contributed by atoms with Crippen molar-refractivity contribution in [3.63, 3.8) is 0 Å². The first-order valence-electron chi connectivity index (χ1n) is 9.02. The third-order valence-corrected chi connectivity index (χ3v) is 5.10. The summed E-state index contributed by atoms with van der Waals surface area (Å²) in [6.45, 7) is 3.60. The summed E-state index contributed by atoms with van der Waals surface area (Å²) in [6.07, 6.45) is -0.0431. The molecule has 1 aliphatic heterocycles. The van der Waals surface area contributed by atoms with Crippen molar-refractivity contribution in [3.05, 3.63) is 63.2 Å². The second-order valence-corrected chi connectivity index (χ2v) is 7.49. The standard InChI is InChI=1S/C21H20ClNO6/c1-10-3-5-12(6-4-10)8-16(20(26)27)23-19(25)14-9-15(22)13-7-11(2)29-21(28)17(13)18(14)24/h3-6,9,11,16,24H,7-8H2,1-2H3,(H,23,25)(H,26,27)/t11?,16-/m0/s1. The summed E-state index contributed by atoms with van der Waals surface area (Å²) >= 11 is 6.22. The minimum absolute atomic E-state index is 0.0559. The van der Waals surface area contributed by atoms with Gasteiger partial charge in [-0.15, -0.1) is 0 Å². The highest BCUT2D eigenvalue weighted by Crippen LogP contribution is 2.36. The van der Waals surface area contributed by atoms with Crippen molar-refractivity contribution >= 4 is 29.4 Å². The van der Waals surface area contributed by atoms with E-state index in [0.717, 1.165) is 11.1 Å².